The fraction of sp³-hybridized carbons (Fsp3) is 0.417. The first-order valence-electron chi connectivity index (χ1n) is 5.34. The summed E-state index contributed by atoms with van der Waals surface area (Å²) < 4.78 is 5.29. The monoisotopic (exact) mass is 237 g/mol. The maximum atomic E-state index is 11.2. The average molecular weight is 237 g/mol. The number of methoxy groups -OCH3 is 1. The van der Waals surface area contributed by atoms with Crippen LogP contribution in [0.25, 0.3) is 0 Å². The fourth-order valence-electron chi connectivity index (χ4n) is 1.59. The molecule has 0 saturated heterocycles. The van der Waals surface area contributed by atoms with Gasteiger partial charge in [0.15, 0.2) is 0 Å². The summed E-state index contributed by atoms with van der Waals surface area (Å²) in [4.78, 5) is 13.1. The van der Waals surface area contributed by atoms with Gasteiger partial charge in [0.25, 0.3) is 0 Å². The minimum absolute atomic E-state index is 0.0969. The molecule has 0 aliphatic rings. The van der Waals surface area contributed by atoms with Crippen LogP contribution >= 0.6 is 0 Å². The first-order chi connectivity index (χ1) is 7.99. The molecule has 5 nitrogen and oxygen atoms in total. The molecule has 0 saturated carbocycles. The Hall–Kier alpha value is -1.91. The van der Waals surface area contributed by atoms with E-state index in [2.05, 4.69) is 10.6 Å². The Kier molecular flexibility index (Phi) is 4.20. The van der Waals surface area contributed by atoms with E-state index in [1.54, 1.807) is 7.11 Å². The molecule has 0 atom stereocenters. The minimum Gasteiger partial charge on any atom is -0.495 e. The number of nitrogens with one attached hydrogen (secondary N) is 2. The van der Waals surface area contributed by atoms with Crippen molar-refractivity contribution in [2.45, 2.75) is 6.92 Å². The van der Waals surface area contributed by atoms with Gasteiger partial charge in [0.05, 0.1) is 24.2 Å². The van der Waals surface area contributed by atoms with Crippen molar-refractivity contribution < 1.29 is 9.53 Å². The van der Waals surface area contributed by atoms with Crippen molar-refractivity contribution in [1.29, 1.82) is 0 Å². The van der Waals surface area contributed by atoms with Crippen molar-refractivity contribution in [3.63, 3.8) is 0 Å². The summed E-state index contributed by atoms with van der Waals surface area (Å²) >= 11 is 0. The zero-order valence-corrected chi connectivity index (χ0v) is 10.9. The van der Waals surface area contributed by atoms with E-state index in [0.29, 0.717) is 0 Å². The van der Waals surface area contributed by atoms with Crippen LogP contribution in [0.15, 0.2) is 12.1 Å². The molecule has 0 aromatic heterocycles. The van der Waals surface area contributed by atoms with Crippen molar-refractivity contribution in [2.75, 3.05) is 43.8 Å². The highest BCUT2D eigenvalue weighted by Crippen LogP contribution is 2.35. The zero-order valence-electron chi connectivity index (χ0n) is 10.9. The Morgan fingerprint density at radius 3 is 2.35 bits per heavy atom. The highest BCUT2D eigenvalue weighted by molar-refractivity contribution is 5.94. The lowest BCUT2D eigenvalue weighted by atomic mass is 10.2. The highest BCUT2D eigenvalue weighted by atomic mass is 16.5. The lowest BCUT2D eigenvalue weighted by Crippen LogP contribution is -2.15. The molecule has 0 radical (unpaired) electrons. The minimum atomic E-state index is -0.0969. The third kappa shape index (κ3) is 3.03. The Morgan fingerprint density at radius 1 is 1.29 bits per heavy atom. The third-order valence-electron chi connectivity index (χ3n) is 2.38. The van der Waals surface area contributed by atoms with E-state index in [1.165, 1.54) is 6.92 Å². The Bertz CT molecular complexity index is 416. The summed E-state index contributed by atoms with van der Waals surface area (Å²) in [6, 6.07) is 3.74. The molecule has 0 aliphatic carbocycles. The van der Waals surface area contributed by atoms with Crippen LogP contribution in [0.1, 0.15) is 6.92 Å². The van der Waals surface area contributed by atoms with Crippen LogP contribution < -0.4 is 20.3 Å². The van der Waals surface area contributed by atoms with E-state index >= 15 is 0 Å². The van der Waals surface area contributed by atoms with E-state index in [1.807, 2.05) is 38.2 Å². The van der Waals surface area contributed by atoms with Crippen LogP contribution in [0.4, 0.5) is 17.1 Å². The number of benzene rings is 1. The van der Waals surface area contributed by atoms with Crippen LogP contribution in [0, 0.1) is 0 Å². The van der Waals surface area contributed by atoms with Gasteiger partial charge in [-0.25, -0.2) is 0 Å². The van der Waals surface area contributed by atoms with Crippen LogP contribution in [0.2, 0.25) is 0 Å². The van der Waals surface area contributed by atoms with Crippen LogP contribution in [0.5, 0.6) is 5.75 Å². The van der Waals surface area contributed by atoms with E-state index in [-0.39, 0.29) is 5.91 Å². The van der Waals surface area contributed by atoms with Gasteiger partial charge in [0, 0.05) is 34.1 Å². The van der Waals surface area contributed by atoms with Gasteiger partial charge in [-0.05, 0) is 6.07 Å². The van der Waals surface area contributed by atoms with Gasteiger partial charge in [0.2, 0.25) is 5.91 Å². The number of rotatable bonds is 4. The van der Waals surface area contributed by atoms with Crippen LogP contribution in [-0.2, 0) is 4.79 Å². The topological polar surface area (TPSA) is 53.6 Å². The lowest BCUT2D eigenvalue weighted by molar-refractivity contribution is -0.114. The number of amides is 1. The predicted octanol–water partition coefficient (Wildman–Crippen LogP) is 1.76. The maximum absolute atomic E-state index is 11.2. The van der Waals surface area contributed by atoms with Gasteiger partial charge in [-0.3, -0.25) is 4.79 Å². The average Bonchev–Trinajstić information content (AvgIpc) is 2.27. The molecule has 17 heavy (non-hydrogen) atoms. The smallest absolute Gasteiger partial charge is 0.221 e. The summed E-state index contributed by atoms with van der Waals surface area (Å²) in [6.45, 7) is 1.49. The van der Waals surface area contributed by atoms with Gasteiger partial charge < -0.3 is 20.3 Å². The number of ether oxygens (including phenoxy) is 1. The van der Waals surface area contributed by atoms with Crippen molar-refractivity contribution in [3.05, 3.63) is 12.1 Å². The normalized spacial score (nSPS) is 9.71. The molecular weight excluding hydrogens is 218 g/mol. The van der Waals surface area contributed by atoms with Gasteiger partial charge in [-0.15, -0.1) is 0 Å². The first-order valence-corrected chi connectivity index (χ1v) is 5.34. The number of hydrogen-bond acceptors (Lipinski definition) is 4. The Balaban J connectivity index is 3.29. The molecular formula is C12H19N3O2. The van der Waals surface area contributed by atoms with Gasteiger partial charge in [-0.2, -0.15) is 0 Å². The number of carbonyl (C=O) groups excluding carboxylic acids is 1. The second kappa shape index (κ2) is 5.43. The fourth-order valence-corrected chi connectivity index (χ4v) is 1.59. The zero-order chi connectivity index (χ0) is 13.0. The molecule has 2 N–H and O–H groups in total. The van der Waals surface area contributed by atoms with Gasteiger partial charge >= 0.3 is 0 Å². The second-order valence-corrected chi connectivity index (χ2v) is 3.90. The molecule has 5 heteroatoms. The van der Waals surface area contributed by atoms with E-state index in [9.17, 15) is 4.79 Å². The summed E-state index contributed by atoms with van der Waals surface area (Å²) in [5.41, 5.74) is 2.49. The standard InChI is InChI=1S/C12H19N3O2/c1-8(16)14-9-6-10(13-2)12(17-5)7-11(9)15(3)4/h6-7,13H,1-5H3,(H,14,16). The SMILES string of the molecule is CNc1cc(NC(C)=O)c(N(C)C)cc1OC. The maximum Gasteiger partial charge on any atom is 0.221 e. The lowest BCUT2D eigenvalue weighted by Gasteiger charge is -2.20. The summed E-state index contributed by atoms with van der Waals surface area (Å²) in [6.07, 6.45) is 0. The van der Waals surface area contributed by atoms with E-state index in [4.69, 9.17) is 4.74 Å². The molecule has 1 rings (SSSR count). The highest BCUT2D eigenvalue weighted by Gasteiger charge is 2.12. The van der Waals surface area contributed by atoms with Crippen molar-refractivity contribution in [2.24, 2.45) is 0 Å². The molecule has 0 aliphatic heterocycles. The molecule has 0 spiro atoms. The largest absolute Gasteiger partial charge is 0.495 e. The molecule has 0 bridgehead atoms. The number of hydrogen-bond donors (Lipinski definition) is 2. The van der Waals surface area contributed by atoms with E-state index in [0.717, 1.165) is 22.8 Å². The molecule has 0 heterocycles. The predicted molar refractivity (Wildman–Crippen MR) is 71.2 cm³/mol. The quantitative estimate of drug-likeness (QED) is 0.838. The summed E-state index contributed by atoms with van der Waals surface area (Å²) in [7, 11) is 7.26. The molecule has 1 amide bonds. The first kappa shape index (κ1) is 13.2. The van der Waals surface area contributed by atoms with Crippen LogP contribution in [-0.4, -0.2) is 34.2 Å². The van der Waals surface area contributed by atoms with Gasteiger partial charge in [-0.1, -0.05) is 0 Å². The third-order valence-corrected chi connectivity index (χ3v) is 2.38. The molecule has 1 aromatic carbocycles. The molecule has 94 valence electrons. The number of anilines is 3. The summed E-state index contributed by atoms with van der Waals surface area (Å²) in [5, 5.41) is 5.84. The summed E-state index contributed by atoms with van der Waals surface area (Å²) in [5.74, 6) is 0.644. The van der Waals surface area contributed by atoms with Gasteiger partial charge in [0.1, 0.15) is 5.75 Å². The number of carbonyl (C=O) groups is 1. The second-order valence-electron chi connectivity index (χ2n) is 3.90. The van der Waals surface area contributed by atoms with Crippen molar-refractivity contribution in [3.8, 4) is 5.75 Å². The van der Waals surface area contributed by atoms with Crippen LogP contribution in [0.3, 0.4) is 0 Å². The Morgan fingerprint density at radius 2 is 1.94 bits per heavy atom. The number of nitrogens with zero attached hydrogens (tertiary/aromatic N) is 1. The van der Waals surface area contributed by atoms with E-state index < -0.39 is 0 Å². The molecule has 0 fully saturated rings. The molecule has 0 unspecified atom stereocenters. The van der Waals surface area contributed by atoms with Crippen molar-refractivity contribution in [1.82, 2.24) is 0 Å². The van der Waals surface area contributed by atoms with Crippen molar-refractivity contribution >= 4 is 23.0 Å². The Labute approximate surface area is 102 Å². The molecule has 1 aromatic rings.